The molecule has 2 aromatic carbocycles. The van der Waals surface area contributed by atoms with Crippen molar-refractivity contribution in [1.82, 2.24) is 5.32 Å². The minimum atomic E-state index is -4.20. The number of hydrogen-bond acceptors (Lipinski definition) is 4. The molecule has 0 heterocycles. The molecule has 0 fully saturated rings. The van der Waals surface area contributed by atoms with Crippen molar-refractivity contribution in [1.29, 1.82) is 0 Å². The Morgan fingerprint density at radius 2 is 1.78 bits per heavy atom. The zero-order chi connectivity index (χ0) is 19.3. The number of aryl methyl sites for hydroxylation is 1. The molecule has 2 aromatic rings. The van der Waals surface area contributed by atoms with Gasteiger partial charge in [-0.2, -0.15) is 0 Å². The van der Waals surface area contributed by atoms with Crippen molar-refractivity contribution in [3.63, 3.8) is 0 Å². The summed E-state index contributed by atoms with van der Waals surface area (Å²) in [5, 5.41) is 18.3. The van der Waals surface area contributed by atoms with Gasteiger partial charge in [-0.05, 0) is 55.2 Å². The molecule has 0 radical (unpaired) electrons. The second-order valence-electron chi connectivity index (χ2n) is 6.23. The summed E-state index contributed by atoms with van der Waals surface area (Å²) < 4.78 is 49.1. The van der Waals surface area contributed by atoms with E-state index in [2.05, 4.69) is 5.32 Å². The summed E-state index contributed by atoms with van der Waals surface area (Å²) >= 11 is 0. The molecule has 27 heavy (non-hydrogen) atoms. The predicted molar refractivity (Wildman–Crippen MR) is 102 cm³/mol. The Labute approximate surface area is 164 Å². The third-order valence-electron chi connectivity index (χ3n) is 4.09. The number of aliphatic hydroxyl groups is 1. The van der Waals surface area contributed by atoms with Gasteiger partial charge in [0.05, 0.1) is 6.10 Å². The maximum absolute atomic E-state index is 13.5. The molecule has 0 bridgehead atoms. The second kappa shape index (κ2) is 10.1. The van der Waals surface area contributed by atoms with Gasteiger partial charge in [0.2, 0.25) is 10.0 Å². The fourth-order valence-electron chi connectivity index (χ4n) is 2.51. The highest BCUT2D eigenvalue weighted by Gasteiger charge is 2.18. The van der Waals surface area contributed by atoms with Crippen molar-refractivity contribution < 1.29 is 22.3 Å². The van der Waals surface area contributed by atoms with Crippen molar-refractivity contribution in [2.24, 2.45) is 5.14 Å². The van der Waals surface area contributed by atoms with Crippen molar-refractivity contribution >= 4 is 22.4 Å². The molecule has 0 saturated carbocycles. The van der Waals surface area contributed by atoms with Gasteiger partial charge >= 0.3 is 0 Å². The van der Waals surface area contributed by atoms with Crippen molar-refractivity contribution in [2.45, 2.75) is 36.8 Å². The van der Waals surface area contributed by atoms with Crippen LogP contribution in [0.4, 0.5) is 8.78 Å². The molecule has 4 N–H and O–H groups in total. The van der Waals surface area contributed by atoms with Gasteiger partial charge in [-0.25, -0.2) is 22.3 Å². The van der Waals surface area contributed by atoms with Crippen molar-refractivity contribution in [3.05, 3.63) is 65.2 Å². The number of nitrogens with one attached hydrogen (secondary N) is 1. The minimum Gasteiger partial charge on any atom is -0.387 e. The maximum Gasteiger partial charge on any atom is 0.240 e. The van der Waals surface area contributed by atoms with E-state index in [9.17, 15) is 22.3 Å². The largest absolute Gasteiger partial charge is 0.387 e. The number of rotatable bonds is 8. The van der Waals surface area contributed by atoms with E-state index in [0.717, 1.165) is 30.5 Å². The van der Waals surface area contributed by atoms with Crippen LogP contribution in [0.15, 0.2) is 47.4 Å². The molecule has 150 valence electrons. The summed E-state index contributed by atoms with van der Waals surface area (Å²) in [5.74, 6) is -1.23. The van der Waals surface area contributed by atoms with Gasteiger partial charge in [-0.15, -0.1) is 12.4 Å². The third kappa shape index (κ3) is 7.15. The van der Waals surface area contributed by atoms with Crippen molar-refractivity contribution in [2.75, 3.05) is 6.54 Å². The number of primary sulfonamides is 1. The smallest absolute Gasteiger partial charge is 0.240 e. The van der Waals surface area contributed by atoms with Crippen LogP contribution in [0.5, 0.6) is 0 Å². The Bertz CT molecular complexity index is 848. The molecular weight excluding hydrogens is 398 g/mol. The topological polar surface area (TPSA) is 92.4 Å². The minimum absolute atomic E-state index is 0. The van der Waals surface area contributed by atoms with Crippen LogP contribution >= 0.6 is 12.4 Å². The van der Waals surface area contributed by atoms with E-state index in [1.807, 2.05) is 6.92 Å². The third-order valence-corrected chi connectivity index (χ3v) is 5.01. The molecule has 0 amide bonds. The zero-order valence-electron chi connectivity index (χ0n) is 14.7. The fraction of sp³-hybridized carbons (Fsp3) is 0.333. The van der Waals surface area contributed by atoms with E-state index >= 15 is 0 Å². The number of aliphatic hydroxyl groups excluding tert-OH is 1. The molecular formula is C18H23ClF2N2O3S. The summed E-state index contributed by atoms with van der Waals surface area (Å²) in [5.41, 5.74) is 1.27. The van der Waals surface area contributed by atoms with Crippen LogP contribution in [-0.4, -0.2) is 26.1 Å². The van der Waals surface area contributed by atoms with E-state index < -0.39 is 26.8 Å². The Kier molecular flexibility index (Phi) is 8.77. The summed E-state index contributed by atoms with van der Waals surface area (Å²) in [6.07, 6.45) is 0.505. The number of benzene rings is 2. The van der Waals surface area contributed by atoms with Gasteiger partial charge in [-0.3, -0.25) is 0 Å². The summed E-state index contributed by atoms with van der Waals surface area (Å²) in [6.45, 7) is 2.11. The van der Waals surface area contributed by atoms with Crippen LogP contribution in [-0.2, 0) is 16.4 Å². The van der Waals surface area contributed by atoms with Gasteiger partial charge in [-0.1, -0.05) is 18.2 Å². The first kappa shape index (κ1) is 23.5. The van der Waals surface area contributed by atoms with E-state index in [1.54, 1.807) is 12.1 Å². The highest BCUT2D eigenvalue weighted by atomic mass is 35.5. The first-order valence-corrected chi connectivity index (χ1v) is 9.69. The summed E-state index contributed by atoms with van der Waals surface area (Å²) in [4.78, 5) is -0.640. The molecule has 0 aliphatic rings. The van der Waals surface area contributed by atoms with Gasteiger partial charge in [0.1, 0.15) is 16.5 Å². The van der Waals surface area contributed by atoms with E-state index in [0.29, 0.717) is 0 Å². The number of sulfonamides is 1. The molecule has 2 unspecified atom stereocenters. The lowest BCUT2D eigenvalue weighted by molar-refractivity contribution is 0.169. The van der Waals surface area contributed by atoms with Crippen LogP contribution < -0.4 is 10.5 Å². The number of hydrogen-bond donors (Lipinski definition) is 3. The van der Waals surface area contributed by atoms with Gasteiger partial charge < -0.3 is 10.4 Å². The zero-order valence-corrected chi connectivity index (χ0v) is 16.4. The average molecular weight is 421 g/mol. The molecule has 0 aliphatic carbocycles. The predicted octanol–water partition coefficient (Wildman–Crippen LogP) is 2.68. The fourth-order valence-corrected chi connectivity index (χ4v) is 3.15. The van der Waals surface area contributed by atoms with Gasteiger partial charge in [0.15, 0.2) is 0 Å². The van der Waals surface area contributed by atoms with E-state index in [-0.39, 0.29) is 36.4 Å². The van der Waals surface area contributed by atoms with Crippen LogP contribution in [0, 0.1) is 11.6 Å². The van der Waals surface area contributed by atoms with E-state index in [1.165, 1.54) is 18.2 Å². The molecule has 0 saturated heterocycles. The standard InChI is InChI=1S/C18H22F2N2O3S.ClH/c1-12(2-3-13-4-7-15(19)8-5-13)22-11-17(23)14-6-9-16(20)18(10-14)26(21,24)25;/h4-10,12,17,22-23H,2-3,11H2,1H3,(H2,21,24,25);1H. The quantitative estimate of drug-likeness (QED) is 0.612. The average Bonchev–Trinajstić information content (AvgIpc) is 2.58. The highest BCUT2D eigenvalue weighted by molar-refractivity contribution is 7.89. The van der Waals surface area contributed by atoms with Crippen LogP contribution in [0.2, 0.25) is 0 Å². The summed E-state index contributed by atoms with van der Waals surface area (Å²) in [6, 6.07) is 9.67. The molecule has 0 aromatic heterocycles. The normalized spacial score (nSPS) is 13.7. The molecule has 2 atom stereocenters. The van der Waals surface area contributed by atoms with Gasteiger partial charge in [0, 0.05) is 12.6 Å². The number of halogens is 3. The lowest BCUT2D eigenvalue weighted by Gasteiger charge is -2.18. The monoisotopic (exact) mass is 420 g/mol. The Balaban J connectivity index is 0.00000364. The molecule has 2 rings (SSSR count). The first-order valence-electron chi connectivity index (χ1n) is 8.15. The molecule has 0 aliphatic heterocycles. The SMILES string of the molecule is CC(CCc1ccc(F)cc1)NCC(O)c1ccc(F)c(S(N)(=O)=O)c1.Cl. The van der Waals surface area contributed by atoms with Crippen LogP contribution in [0.25, 0.3) is 0 Å². The maximum atomic E-state index is 13.5. The first-order chi connectivity index (χ1) is 12.2. The van der Waals surface area contributed by atoms with Crippen molar-refractivity contribution in [3.8, 4) is 0 Å². The Hall–Kier alpha value is -1.58. The lowest BCUT2D eigenvalue weighted by atomic mass is 10.1. The van der Waals surface area contributed by atoms with Crippen LogP contribution in [0.1, 0.15) is 30.6 Å². The highest BCUT2D eigenvalue weighted by Crippen LogP contribution is 2.20. The molecule has 0 spiro atoms. The Morgan fingerprint density at radius 1 is 1.15 bits per heavy atom. The second-order valence-corrected chi connectivity index (χ2v) is 7.75. The lowest BCUT2D eigenvalue weighted by Crippen LogP contribution is -2.31. The van der Waals surface area contributed by atoms with Crippen LogP contribution in [0.3, 0.4) is 0 Å². The Morgan fingerprint density at radius 3 is 2.37 bits per heavy atom. The summed E-state index contributed by atoms with van der Waals surface area (Å²) in [7, 11) is -4.20. The van der Waals surface area contributed by atoms with Gasteiger partial charge in [0.25, 0.3) is 0 Å². The number of nitrogens with two attached hydrogens (primary N) is 1. The van der Waals surface area contributed by atoms with E-state index in [4.69, 9.17) is 5.14 Å². The molecule has 5 nitrogen and oxygen atoms in total. The molecule has 9 heteroatoms.